The Morgan fingerprint density at radius 2 is 2.12 bits per heavy atom. The predicted octanol–water partition coefficient (Wildman–Crippen LogP) is 1.85. The molecule has 1 unspecified atom stereocenters. The van der Waals surface area contributed by atoms with Crippen molar-refractivity contribution in [2.75, 3.05) is 13.1 Å². The molecule has 1 aliphatic heterocycles. The molecule has 1 saturated heterocycles. The summed E-state index contributed by atoms with van der Waals surface area (Å²) in [7, 11) is 0. The Kier molecular flexibility index (Phi) is 4.33. The third kappa shape index (κ3) is 3.29. The molecule has 2 heterocycles. The minimum atomic E-state index is -2.08. The van der Waals surface area contributed by atoms with E-state index in [1.807, 2.05) is 30.3 Å². The molecule has 1 aromatic carbocycles. The largest absolute Gasteiger partial charge is 0.361 e. The average molecular weight is 331 g/mol. The molecule has 0 spiro atoms. The Labute approximate surface area is 138 Å². The normalized spacial score (nSPS) is 20.2. The first-order valence-electron chi connectivity index (χ1n) is 7.72. The van der Waals surface area contributed by atoms with Gasteiger partial charge >= 0.3 is 0 Å². The summed E-state index contributed by atoms with van der Waals surface area (Å²) >= 11 is 0. The second-order valence-electron chi connectivity index (χ2n) is 5.93. The van der Waals surface area contributed by atoms with E-state index in [1.165, 1.54) is 11.0 Å². The van der Waals surface area contributed by atoms with Gasteiger partial charge in [-0.1, -0.05) is 35.5 Å². The highest BCUT2D eigenvalue weighted by atomic mass is 19.1. The van der Waals surface area contributed by atoms with Crippen molar-refractivity contribution in [2.24, 2.45) is 0 Å². The number of carbonyl (C=O) groups excluding carboxylic acids is 2. The van der Waals surface area contributed by atoms with Gasteiger partial charge in [0.2, 0.25) is 5.67 Å². The lowest BCUT2D eigenvalue weighted by Gasteiger charge is -2.20. The fourth-order valence-corrected chi connectivity index (χ4v) is 2.70. The van der Waals surface area contributed by atoms with E-state index in [1.54, 1.807) is 6.92 Å². The van der Waals surface area contributed by atoms with Gasteiger partial charge in [-0.15, -0.1) is 0 Å². The van der Waals surface area contributed by atoms with Crippen LogP contribution in [0.2, 0.25) is 0 Å². The highest BCUT2D eigenvalue weighted by molar-refractivity contribution is 5.94. The molecule has 2 amide bonds. The number of nitrogens with zero attached hydrogens (tertiary/aromatic N) is 2. The highest BCUT2D eigenvalue weighted by Crippen LogP contribution is 2.27. The molecule has 1 N–H and O–H groups in total. The summed E-state index contributed by atoms with van der Waals surface area (Å²) in [4.78, 5) is 25.7. The van der Waals surface area contributed by atoms with Gasteiger partial charge in [0.05, 0.1) is 6.54 Å². The average Bonchev–Trinajstić information content (AvgIpc) is 3.20. The molecule has 1 aliphatic rings. The molecule has 2 aromatic rings. The highest BCUT2D eigenvalue weighted by Gasteiger charge is 2.46. The molecule has 126 valence electrons. The number of likely N-dealkylation sites (tertiary alicyclic amines) is 1. The van der Waals surface area contributed by atoms with E-state index in [-0.39, 0.29) is 31.7 Å². The standard InChI is InChI=1S/C17H18FN3O3/c1-12-9-14(20-24-12)15(22)21-8-7-17(18,11-21)16(23)19-10-13-5-3-2-4-6-13/h2-6,9H,7-8,10-11H2,1H3,(H,19,23). The zero-order valence-electron chi connectivity index (χ0n) is 13.3. The third-order valence-corrected chi connectivity index (χ3v) is 4.06. The van der Waals surface area contributed by atoms with Gasteiger partial charge in [0.1, 0.15) is 5.76 Å². The fraction of sp³-hybridized carbons (Fsp3) is 0.353. The molecule has 1 aromatic heterocycles. The summed E-state index contributed by atoms with van der Waals surface area (Å²) < 4.78 is 19.8. The minimum Gasteiger partial charge on any atom is -0.361 e. The Hall–Kier alpha value is -2.70. The van der Waals surface area contributed by atoms with Crippen LogP contribution in [-0.4, -0.2) is 40.6 Å². The maximum Gasteiger partial charge on any atom is 0.276 e. The number of amides is 2. The van der Waals surface area contributed by atoms with E-state index in [4.69, 9.17) is 4.52 Å². The van der Waals surface area contributed by atoms with Crippen LogP contribution in [-0.2, 0) is 11.3 Å². The van der Waals surface area contributed by atoms with E-state index < -0.39 is 17.5 Å². The Bertz CT molecular complexity index is 747. The fourth-order valence-electron chi connectivity index (χ4n) is 2.70. The summed E-state index contributed by atoms with van der Waals surface area (Å²) in [6.07, 6.45) is -0.0316. The first kappa shape index (κ1) is 16.2. The molecule has 6 nitrogen and oxygen atoms in total. The van der Waals surface area contributed by atoms with Crippen LogP contribution in [0.15, 0.2) is 40.9 Å². The van der Waals surface area contributed by atoms with Gasteiger partial charge in [-0.05, 0) is 12.5 Å². The number of hydrogen-bond donors (Lipinski definition) is 1. The number of nitrogens with one attached hydrogen (secondary N) is 1. The van der Waals surface area contributed by atoms with Gasteiger partial charge in [-0.25, -0.2) is 4.39 Å². The summed E-state index contributed by atoms with van der Waals surface area (Å²) in [5.74, 6) is -0.620. The quantitative estimate of drug-likeness (QED) is 0.928. The number of halogens is 1. The number of carbonyl (C=O) groups is 2. The molecular formula is C17H18FN3O3. The molecule has 7 heteroatoms. The molecule has 0 radical (unpaired) electrons. The topological polar surface area (TPSA) is 75.4 Å². The van der Waals surface area contributed by atoms with Crippen LogP contribution in [0.25, 0.3) is 0 Å². The van der Waals surface area contributed by atoms with Gasteiger partial charge in [0.25, 0.3) is 11.8 Å². The number of alkyl halides is 1. The minimum absolute atomic E-state index is 0.0316. The Morgan fingerprint density at radius 3 is 2.79 bits per heavy atom. The van der Waals surface area contributed by atoms with Gasteiger partial charge in [-0.2, -0.15) is 0 Å². The first-order valence-corrected chi connectivity index (χ1v) is 7.72. The lowest BCUT2D eigenvalue weighted by atomic mass is 10.0. The summed E-state index contributed by atoms with van der Waals surface area (Å²) in [5.41, 5.74) is -1.07. The van der Waals surface area contributed by atoms with Crippen molar-refractivity contribution >= 4 is 11.8 Å². The van der Waals surface area contributed by atoms with Crippen LogP contribution >= 0.6 is 0 Å². The predicted molar refractivity (Wildman–Crippen MR) is 83.9 cm³/mol. The number of rotatable bonds is 4. The SMILES string of the molecule is Cc1cc(C(=O)N2CCC(F)(C(=O)NCc3ccccc3)C2)no1. The number of hydrogen-bond acceptors (Lipinski definition) is 4. The molecule has 0 saturated carbocycles. The van der Waals surface area contributed by atoms with Crippen LogP contribution in [0.4, 0.5) is 4.39 Å². The monoisotopic (exact) mass is 331 g/mol. The maximum absolute atomic E-state index is 14.9. The van der Waals surface area contributed by atoms with Gasteiger partial charge in [0.15, 0.2) is 5.69 Å². The van der Waals surface area contributed by atoms with E-state index in [0.717, 1.165) is 5.56 Å². The number of aromatic nitrogens is 1. The molecule has 0 bridgehead atoms. The maximum atomic E-state index is 14.9. The lowest BCUT2D eigenvalue weighted by Crippen LogP contribution is -2.45. The van der Waals surface area contributed by atoms with E-state index in [9.17, 15) is 14.0 Å². The summed E-state index contributed by atoms with van der Waals surface area (Å²) in [6, 6.07) is 10.8. The van der Waals surface area contributed by atoms with Gasteiger partial charge in [-0.3, -0.25) is 9.59 Å². The second kappa shape index (κ2) is 6.43. The molecule has 24 heavy (non-hydrogen) atoms. The van der Waals surface area contributed by atoms with Crippen molar-refractivity contribution < 1.29 is 18.5 Å². The summed E-state index contributed by atoms with van der Waals surface area (Å²) in [5, 5.41) is 6.24. The zero-order valence-corrected chi connectivity index (χ0v) is 13.3. The van der Waals surface area contributed by atoms with Crippen LogP contribution in [0.5, 0.6) is 0 Å². The van der Waals surface area contributed by atoms with Gasteiger partial charge in [0, 0.05) is 25.6 Å². The molecule has 3 rings (SSSR count). The van der Waals surface area contributed by atoms with Crippen LogP contribution in [0, 0.1) is 6.92 Å². The van der Waals surface area contributed by atoms with Crippen molar-refractivity contribution in [3.63, 3.8) is 0 Å². The van der Waals surface area contributed by atoms with Crippen LogP contribution < -0.4 is 5.32 Å². The van der Waals surface area contributed by atoms with Crippen LogP contribution in [0.3, 0.4) is 0 Å². The van der Waals surface area contributed by atoms with Crippen molar-refractivity contribution in [3.05, 3.63) is 53.4 Å². The second-order valence-corrected chi connectivity index (χ2v) is 5.93. The zero-order chi connectivity index (χ0) is 17.2. The van der Waals surface area contributed by atoms with E-state index in [2.05, 4.69) is 10.5 Å². The Morgan fingerprint density at radius 1 is 1.38 bits per heavy atom. The Balaban J connectivity index is 1.60. The van der Waals surface area contributed by atoms with E-state index in [0.29, 0.717) is 5.76 Å². The molecular weight excluding hydrogens is 313 g/mol. The van der Waals surface area contributed by atoms with E-state index >= 15 is 0 Å². The molecule has 1 atom stereocenters. The molecule has 1 fully saturated rings. The third-order valence-electron chi connectivity index (χ3n) is 4.06. The first-order chi connectivity index (χ1) is 11.5. The lowest BCUT2D eigenvalue weighted by molar-refractivity contribution is -0.132. The van der Waals surface area contributed by atoms with Crippen LogP contribution in [0.1, 0.15) is 28.2 Å². The van der Waals surface area contributed by atoms with Crippen molar-refractivity contribution in [1.82, 2.24) is 15.4 Å². The smallest absolute Gasteiger partial charge is 0.276 e. The number of benzene rings is 1. The van der Waals surface area contributed by atoms with Gasteiger partial charge < -0.3 is 14.7 Å². The summed E-state index contributed by atoms with van der Waals surface area (Å²) in [6.45, 7) is 1.81. The van der Waals surface area contributed by atoms with Crippen molar-refractivity contribution in [3.8, 4) is 0 Å². The molecule has 0 aliphatic carbocycles. The van der Waals surface area contributed by atoms with Crippen molar-refractivity contribution in [1.29, 1.82) is 0 Å². The number of aryl methyl sites for hydroxylation is 1. The van der Waals surface area contributed by atoms with Crippen molar-refractivity contribution in [2.45, 2.75) is 25.6 Å².